The second kappa shape index (κ2) is 7.30. The lowest BCUT2D eigenvalue weighted by molar-refractivity contribution is 0.241. The van der Waals surface area contributed by atoms with Gasteiger partial charge in [-0.2, -0.15) is 0 Å². The van der Waals surface area contributed by atoms with E-state index in [1.54, 1.807) is 0 Å². The van der Waals surface area contributed by atoms with Crippen LogP contribution in [0.3, 0.4) is 0 Å². The first-order valence-electron chi connectivity index (χ1n) is 3.39. The third kappa shape index (κ3) is 5.87. The molecule has 0 amide bonds. The zero-order valence-electron chi connectivity index (χ0n) is 7.24. The summed E-state index contributed by atoms with van der Waals surface area (Å²) in [6.07, 6.45) is 0. The van der Waals surface area contributed by atoms with E-state index in [0.717, 1.165) is 0 Å². The Balaban J connectivity index is 2.52. The molecule has 16 heteroatoms. The van der Waals surface area contributed by atoms with Gasteiger partial charge in [0.2, 0.25) is 0 Å². The predicted molar refractivity (Wildman–Crippen MR) is 43.8 cm³/mol. The molecule has 1 aliphatic heterocycles. The van der Waals surface area contributed by atoms with Gasteiger partial charge in [0, 0.05) is 0 Å². The van der Waals surface area contributed by atoms with Crippen LogP contribution in [-0.4, -0.2) is 68.5 Å². The van der Waals surface area contributed by atoms with E-state index in [2.05, 4.69) is 22.1 Å². The van der Waals surface area contributed by atoms with Gasteiger partial charge in [0.25, 0.3) is 0 Å². The third-order valence-electron chi connectivity index (χ3n) is 0.911. The van der Waals surface area contributed by atoms with Crippen molar-refractivity contribution in [2.75, 3.05) is 0 Å². The topological polar surface area (TPSA) is 124 Å². The Morgan fingerprint density at radius 2 is 0.812 bits per heavy atom. The normalized spacial score (nSPS) is 17.5. The molecule has 0 N–H and O–H groups in total. The van der Waals surface area contributed by atoms with Crippen LogP contribution >= 0.6 is 0 Å². The Kier molecular flexibility index (Phi) is 6.38. The van der Waals surface area contributed by atoms with Crippen molar-refractivity contribution in [2.45, 2.75) is 0 Å². The first kappa shape index (κ1) is 14.0. The molecule has 1 heterocycles. The minimum Gasteiger partial charge on any atom is -0.626 e. The van der Waals surface area contributed by atoms with Crippen molar-refractivity contribution in [1.82, 2.24) is 0 Å². The van der Waals surface area contributed by atoms with Crippen LogP contribution in [0.1, 0.15) is 0 Å². The van der Waals surface area contributed by atoms with Crippen molar-refractivity contribution in [2.24, 2.45) is 0 Å². The highest BCUT2D eigenvalue weighted by Crippen LogP contribution is 1.88. The van der Waals surface area contributed by atoms with Crippen LogP contribution in [0.4, 0.5) is 0 Å². The van der Waals surface area contributed by atoms with Crippen LogP contribution in [-0.2, 0) is 40.0 Å². The fraction of sp³-hybridized carbons (Fsp3) is 0. The maximum Gasteiger partial charge on any atom is 0.857 e. The summed E-state index contributed by atoms with van der Waals surface area (Å²) in [6, 6.07) is 0. The molecule has 1 saturated heterocycles. The van der Waals surface area contributed by atoms with E-state index < -0.39 is 68.5 Å². The minimum atomic E-state index is -3.02. The molecule has 0 saturated carbocycles. The summed E-state index contributed by atoms with van der Waals surface area (Å²) in [4.78, 5) is 0. The number of hydrogen-bond acceptors (Lipinski definition) is 10. The fourth-order valence-electron chi connectivity index (χ4n) is 0.438. The molecule has 0 aromatic rings. The molecule has 0 atom stereocenters. The van der Waals surface area contributed by atoms with Crippen LogP contribution in [0.25, 0.3) is 0 Å². The van der Waals surface area contributed by atoms with Crippen molar-refractivity contribution < 1.29 is 40.0 Å². The van der Waals surface area contributed by atoms with Crippen LogP contribution < -0.4 is 0 Å². The molecule has 10 nitrogen and oxygen atoms in total. The average Bonchev–Trinajstić information content (AvgIpc) is 2.15. The van der Waals surface area contributed by atoms with Gasteiger partial charge in [-0.25, -0.2) is 0 Å². The molecular formula is Al2O10Si4. The highest BCUT2D eigenvalue weighted by molar-refractivity contribution is 6.55. The quantitative estimate of drug-likeness (QED) is 0.421. The van der Waals surface area contributed by atoms with E-state index >= 15 is 0 Å². The molecule has 16 heavy (non-hydrogen) atoms. The molecule has 1 aliphatic rings. The van der Waals surface area contributed by atoms with E-state index in [1.165, 1.54) is 0 Å². The molecule has 2 radical (unpaired) electrons. The van der Waals surface area contributed by atoms with Crippen molar-refractivity contribution in [1.29, 1.82) is 0 Å². The van der Waals surface area contributed by atoms with E-state index in [4.69, 9.17) is 0 Å². The second-order valence-corrected chi connectivity index (χ2v) is 9.66. The zero-order valence-corrected chi connectivity index (χ0v) is 13.5. The van der Waals surface area contributed by atoms with Gasteiger partial charge in [-0.3, -0.25) is 17.8 Å². The Hall–Kier alpha value is -0.0675. The average molecular weight is 326 g/mol. The lowest BCUT2D eigenvalue weighted by atomic mass is 15.6. The summed E-state index contributed by atoms with van der Waals surface area (Å²) in [5.41, 5.74) is 0. The van der Waals surface area contributed by atoms with Gasteiger partial charge in [-0.05, 0) is 0 Å². The minimum absolute atomic E-state index is 1.40. The van der Waals surface area contributed by atoms with Crippen LogP contribution in [0, 0.1) is 0 Å². The standard InChI is InChI=1S/2Al.2O5Si2/c;;2*1-6(2)5-7(3)4/q2*+2;2*-2. The van der Waals surface area contributed by atoms with Gasteiger partial charge < -0.3 is 22.1 Å². The molecule has 1 rings (SSSR count). The van der Waals surface area contributed by atoms with Crippen LogP contribution in [0.15, 0.2) is 0 Å². The number of hydrogen-bond donors (Lipinski definition) is 0. The summed E-state index contributed by atoms with van der Waals surface area (Å²) in [5, 5.41) is 0. The summed E-state index contributed by atoms with van der Waals surface area (Å²) in [6.45, 7) is 0. The predicted octanol–water partition coefficient (Wildman–Crippen LogP) is -3.17. The van der Waals surface area contributed by atoms with E-state index in [9.17, 15) is 17.8 Å². The molecule has 0 aliphatic carbocycles. The molecule has 0 aromatic carbocycles. The zero-order chi connectivity index (χ0) is 12.0. The van der Waals surface area contributed by atoms with Crippen LogP contribution in [0.2, 0.25) is 0 Å². The monoisotopic (exact) mass is 326 g/mol. The summed E-state index contributed by atoms with van der Waals surface area (Å²) < 4.78 is 69.9. The first-order valence-corrected chi connectivity index (χ1v) is 10.2. The van der Waals surface area contributed by atoms with Crippen molar-refractivity contribution in [3.05, 3.63) is 0 Å². The molecule has 1 fully saturated rings. The highest BCUT2D eigenvalue weighted by atomic mass is 28.4. The maximum atomic E-state index is 10.9. The number of rotatable bonds is 0. The van der Waals surface area contributed by atoms with Gasteiger partial charge in [-0.15, -0.1) is 0 Å². The maximum absolute atomic E-state index is 10.9. The molecular weight excluding hydrogens is 326 g/mol. The smallest absolute Gasteiger partial charge is 0.626 e. The van der Waals surface area contributed by atoms with Crippen LogP contribution in [0.5, 0.6) is 0 Å². The van der Waals surface area contributed by atoms with Gasteiger partial charge in [-0.1, -0.05) is 0 Å². The first-order chi connectivity index (χ1) is 7.58. The molecule has 82 valence electrons. The van der Waals surface area contributed by atoms with Gasteiger partial charge in [0.05, 0.1) is 0 Å². The Labute approximate surface area is 108 Å². The van der Waals surface area contributed by atoms with E-state index in [0.29, 0.717) is 0 Å². The highest BCUT2D eigenvalue weighted by Gasteiger charge is 2.30. The molecule has 0 aromatic heterocycles. The molecule has 0 unspecified atom stereocenters. The van der Waals surface area contributed by atoms with Gasteiger partial charge in [0.15, 0.2) is 0 Å². The van der Waals surface area contributed by atoms with E-state index in [-0.39, 0.29) is 0 Å². The Bertz CT molecular complexity index is 265. The van der Waals surface area contributed by atoms with Gasteiger partial charge >= 0.3 is 68.5 Å². The molecule has 0 spiro atoms. The summed E-state index contributed by atoms with van der Waals surface area (Å²) in [5.74, 6) is 0. The largest absolute Gasteiger partial charge is 0.857 e. The van der Waals surface area contributed by atoms with Crippen molar-refractivity contribution >= 4 is 68.5 Å². The summed E-state index contributed by atoms with van der Waals surface area (Å²) in [7, 11) is -12.1. The molecule has 0 bridgehead atoms. The van der Waals surface area contributed by atoms with E-state index in [1.807, 2.05) is 0 Å². The van der Waals surface area contributed by atoms with Crippen molar-refractivity contribution in [3.63, 3.8) is 0 Å². The lowest BCUT2D eigenvalue weighted by Gasteiger charge is -2.08. The fourth-order valence-corrected chi connectivity index (χ4v) is 6.54. The summed E-state index contributed by atoms with van der Waals surface area (Å²) >= 11 is -2.80. The Morgan fingerprint density at radius 1 is 0.562 bits per heavy atom. The second-order valence-electron chi connectivity index (χ2n) is 1.87. The lowest BCUT2D eigenvalue weighted by Crippen LogP contribution is -2.32. The van der Waals surface area contributed by atoms with Gasteiger partial charge in [0.1, 0.15) is 0 Å². The third-order valence-corrected chi connectivity index (χ3v) is 8.20. The Morgan fingerprint density at radius 3 is 1.06 bits per heavy atom. The van der Waals surface area contributed by atoms with Crippen molar-refractivity contribution in [3.8, 4) is 0 Å². The SMILES string of the molecule is O=[Si]1[O][Al][O][Si](=O)O[Si](=O)[O][Al][O][Si](=O)O1.